The molecule has 0 aliphatic carbocycles. The van der Waals surface area contributed by atoms with Crippen LogP contribution in [0.4, 0.5) is 15.9 Å². The summed E-state index contributed by atoms with van der Waals surface area (Å²) in [4.78, 5) is 20.5. The molecule has 0 radical (unpaired) electrons. The molecule has 1 aliphatic rings. The first-order chi connectivity index (χ1) is 13.6. The average molecular weight is 377 g/mol. The average Bonchev–Trinajstić information content (AvgIpc) is 3.05. The Labute approximate surface area is 158 Å². The number of H-pyrrole nitrogens is 1. The van der Waals surface area contributed by atoms with Gasteiger partial charge in [-0.1, -0.05) is 12.2 Å². The predicted molar refractivity (Wildman–Crippen MR) is 105 cm³/mol. The van der Waals surface area contributed by atoms with Gasteiger partial charge in [0.25, 0.3) is 0 Å². The zero-order valence-electron chi connectivity index (χ0n) is 15.2. The first-order valence-electron chi connectivity index (χ1n) is 8.74. The van der Waals surface area contributed by atoms with Crippen LogP contribution in [0.5, 0.6) is 11.8 Å². The van der Waals surface area contributed by atoms with Gasteiger partial charge in [0.05, 0.1) is 29.0 Å². The largest absolute Gasteiger partial charge is 0.421 e. The van der Waals surface area contributed by atoms with Crippen LogP contribution >= 0.6 is 0 Å². The number of anilines is 2. The number of aryl methyl sites for hydroxylation is 1. The van der Waals surface area contributed by atoms with Crippen molar-refractivity contribution < 1.29 is 9.13 Å². The Morgan fingerprint density at radius 1 is 1.18 bits per heavy atom. The van der Waals surface area contributed by atoms with E-state index in [0.717, 1.165) is 16.3 Å². The Kier molecular flexibility index (Phi) is 3.61. The van der Waals surface area contributed by atoms with Crippen LogP contribution in [-0.2, 0) is 0 Å². The van der Waals surface area contributed by atoms with Crippen LogP contribution < -0.4 is 15.4 Å². The molecule has 0 fully saturated rings. The summed E-state index contributed by atoms with van der Waals surface area (Å²) in [6.07, 6.45) is 6.75. The Morgan fingerprint density at radius 3 is 2.79 bits per heavy atom. The highest BCUT2D eigenvalue weighted by atomic mass is 19.1. The first-order valence-corrected chi connectivity index (χ1v) is 8.74. The number of hydrogen-bond donors (Lipinski definition) is 3. The second-order valence-electron chi connectivity index (χ2n) is 6.37. The fourth-order valence-corrected chi connectivity index (χ4v) is 3.35. The highest BCUT2D eigenvalue weighted by Gasteiger charge is 2.21. The van der Waals surface area contributed by atoms with Gasteiger partial charge in [0, 0.05) is 24.5 Å². The number of hydrogen-bond acceptors (Lipinski definition) is 7. The van der Waals surface area contributed by atoms with Crippen LogP contribution in [0.1, 0.15) is 11.4 Å². The summed E-state index contributed by atoms with van der Waals surface area (Å²) in [7, 11) is 1.75. The van der Waals surface area contributed by atoms with Gasteiger partial charge in [-0.2, -0.15) is 9.97 Å². The summed E-state index contributed by atoms with van der Waals surface area (Å²) in [6.45, 7) is 2.29. The third-order valence-electron chi connectivity index (χ3n) is 4.61. The van der Waals surface area contributed by atoms with E-state index in [4.69, 9.17) is 4.74 Å². The van der Waals surface area contributed by atoms with E-state index in [9.17, 15) is 4.39 Å². The van der Waals surface area contributed by atoms with Crippen molar-refractivity contribution in [1.29, 1.82) is 0 Å². The van der Waals surface area contributed by atoms with Gasteiger partial charge >= 0.3 is 6.01 Å². The smallest absolute Gasteiger partial charge is 0.326 e. The molecule has 3 N–H and O–H groups in total. The molecule has 0 spiro atoms. The maximum atomic E-state index is 14.7. The molecule has 9 heteroatoms. The van der Waals surface area contributed by atoms with Crippen molar-refractivity contribution >= 4 is 39.5 Å². The third kappa shape index (κ3) is 2.51. The minimum absolute atomic E-state index is 0.145. The predicted octanol–water partition coefficient (Wildman–Crippen LogP) is 3.62. The van der Waals surface area contributed by atoms with Gasteiger partial charge < -0.3 is 20.4 Å². The lowest BCUT2D eigenvalue weighted by atomic mass is 10.0. The number of aromatic amines is 1. The molecule has 0 atom stereocenters. The Hall–Kier alpha value is -3.75. The van der Waals surface area contributed by atoms with Crippen LogP contribution in [0.15, 0.2) is 24.5 Å². The molecule has 0 amide bonds. The topological polar surface area (TPSA) is 101 Å². The molecule has 1 aliphatic heterocycles. The van der Waals surface area contributed by atoms with E-state index in [0.29, 0.717) is 40.8 Å². The molecule has 28 heavy (non-hydrogen) atoms. The van der Waals surface area contributed by atoms with Crippen molar-refractivity contribution in [2.75, 3.05) is 24.2 Å². The first kappa shape index (κ1) is 16.4. The lowest BCUT2D eigenvalue weighted by Gasteiger charge is -2.12. The number of benzene rings is 1. The van der Waals surface area contributed by atoms with Crippen molar-refractivity contribution in [2.45, 2.75) is 6.92 Å². The number of aromatic nitrogens is 5. The van der Waals surface area contributed by atoms with Crippen molar-refractivity contribution in [1.82, 2.24) is 24.9 Å². The van der Waals surface area contributed by atoms with Crippen molar-refractivity contribution in [2.24, 2.45) is 0 Å². The molecule has 0 unspecified atom stereocenters. The third-order valence-corrected chi connectivity index (χ3v) is 4.61. The molecule has 0 saturated heterocycles. The number of halogens is 1. The molecule has 1 aromatic carbocycles. The van der Waals surface area contributed by atoms with Crippen LogP contribution in [0.2, 0.25) is 0 Å². The standard InChI is InChI=1S/C19H16FN7O/c1-9-23-7-10(8-24-9)28-19-26-17-15-14-11(4-3-5-22-17)12(20)6-13(21-2)16(14)25-18(15)27-19/h3-4,6-8,21H,5H2,1-2H3,(H2,22,25,26,27). The summed E-state index contributed by atoms with van der Waals surface area (Å²) in [5.41, 5.74) is 2.46. The quantitative estimate of drug-likeness (QED) is 0.501. The summed E-state index contributed by atoms with van der Waals surface area (Å²) >= 11 is 0. The van der Waals surface area contributed by atoms with Gasteiger partial charge in [-0.15, -0.1) is 0 Å². The van der Waals surface area contributed by atoms with Crippen LogP contribution in [0.3, 0.4) is 0 Å². The molecule has 3 aromatic heterocycles. The monoisotopic (exact) mass is 377 g/mol. The maximum absolute atomic E-state index is 14.7. The van der Waals surface area contributed by atoms with E-state index in [1.54, 1.807) is 32.4 Å². The minimum atomic E-state index is -0.306. The fraction of sp³-hybridized carbons (Fsp3) is 0.158. The Balaban J connectivity index is 1.76. The van der Waals surface area contributed by atoms with Crippen molar-refractivity contribution in [3.8, 4) is 11.8 Å². The SMILES string of the molecule is CNc1cc(F)c2c3c1[nH]c1nc(Oc4cnc(C)nc4)nc(c13)NCC=C2. The van der Waals surface area contributed by atoms with Crippen molar-refractivity contribution in [3.05, 3.63) is 41.7 Å². The summed E-state index contributed by atoms with van der Waals surface area (Å²) in [6, 6.07) is 1.62. The highest BCUT2D eigenvalue weighted by Crippen LogP contribution is 2.39. The lowest BCUT2D eigenvalue weighted by molar-refractivity contribution is 0.440. The van der Waals surface area contributed by atoms with E-state index < -0.39 is 0 Å². The molecule has 8 nitrogen and oxygen atoms in total. The van der Waals surface area contributed by atoms with Crippen LogP contribution in [0.25, 0.3) is 28.0 Å². The molecule has 4 heterocycles. The van der Waals surface area contributed by atoms with Gasteiger partial charge in [0.1, 0.15) is 23.1 Å². The van der Waals surface area contributed by atoms with E-state index in [1.807, 2.05) is 6.08 Å². The van der Waals surface area contributed by atoms with Crippen LogP contribution in [-0.4, -0.2) is 38.5 Å². The highest BCUT2D eigenvalue weighted by molar-refractivity contribution is 6.17. The van der Waals surface area contributed by atoms with E-state index in [1.165, 1.54) is 6.07 Å². The Morgan fingerprint density at radius 2 is 2.00 bits per heavy atom. The molecule has 0 saturated carbocycles. The number of nitrogens with zero attached hydrogens (tertiary/aromatic N) is 4. The molecule has 0 bridgehead atoms. The number of ether oxygens (including phenoxy) is 1. The van der Waals surface area contributed by atoms with E-state index in [2.05, 4.69) is 35.6 Å². The number of rotatable bonds is 3. The molecular formula is C19H16FN7O. The molecule has 5 rings (SSSR count). The van der Waals surface area contributed by atoms with Crippen LogP contribution in [0, 0.1) is 12.7 Å². The summed E-state index contributed by atoms with van der Waals surface area (Å²) < 4.78 is 20.4. The second kappa shape index (κ2) is 6.15. The van der Waals surface area contributed by atoms with Gasteiger partial charge in [-0.05, 0) is 13.0 Å². The van der Waals surface area contributed by atoms with E-state index in [-0.39, 0.29) is 11.8 Å². The zero-order valence-corrected chi connectivity index (χ0v) is 15.2. The minimum Gasteiger partial charge on any atom is -0.421 e. The molecule has 4 aromatic rings. The number of nitrogens with one attached hydrogen (secondary N) is 3. The van der Waals surface area contributed by atoms with Gasteiger partial charge in [-0.3, -0.25) is 0 Å². The zero-order chi connectivity index (χ0) is 19.3. The Bertz CT molecular complexity index is 1250. The van der Waals surface area contributed by atoms with Crippen molar-refractivity contribution in [3.63, 3.8) is 0 Å². The van der Waals surface area contributed by atoms with E-state index >= 15 is 0 Å². The molecule has 140 valence electrons. The maximum Gasteiger partial charge on any atom is 0.326 e. The normalized spacial score (nSPS) is 12.8. The molecular weight excluding hydrogens is 361 g/mol. The van der Waals surface area contributed by atoms with Gasteiger partial charge in [0.2, 0.25) is 0 Å². The summed E-state index contributed by atoms with van der Waals surface area (Å²) in [5.74, 6) is 1.34. The van der Waals surface area contributed by atoms with Gasteiger partial charge in [0.15, 0.2) is 5.75 Å². The summed E-state index contributed by atoms with van der Waals surface area (Å²) in [5, 5.41) is 7.71. The lowest BCUT2D eigenvalue weighted by Crippen LogP contribution is -2.05. The second-order valence-corrected chi connectivity index (χ2v) is 6.37. The fourth-order valence-electron chi connectivity index (χ4n) is 3.35. The van der Waals surface area contributed by atoms with Gasteiger partial charge in [-0.25, -0.2) is 14.4 Å².